The third kappa shape index (κ3) is 4.67. The summed E-state index contributed by atoms with van der Waals surface area (Å²) in [4.78, 5) is 15.6. The van der Waals surface area contributed by atoms with Gasteiger partial charge in [-0.05, 0) is 74.8 Å². The molecule has 0 aromatic heterocycles. The van der Waals surface area contributed by atoms with Crippen LogP contribution in [0.5, 0.6) is 5.75 Å². The Hall–Kier alpha value is -1.95. The first-order chi connectivity index (χ1) is 12.8. The van der Waals surface area contributed by atoms with Crippen LogP contribution < -0.4 is 4.90 Å². The van der Waals surface area contributed by atoms with E-state index in [1.54, 1.807) is 24.3 Å². The first kappa shape index (κ1) is 19.8. The number of carboxylic acid groups (broad SMARTS) is 1. The molecular weight excluding hydrogens is 387 g/mol. The minimum absolute atomic E-state index is 0.0470. The normalized spacial score (nSPS) is 17.2. The van der Waals surface area contributed by atoms with Gasteiger partial charge in [0.2, 0.25) is 0 Å². The van der Waals surface area contributed by atoms with Gasteiger partial charge in [-0.25, -0.2) is 4.79 Å². The lowest BCUT2D eigenvalue weighted by molar-refractivity contribution is 0.200. The lowest BCUT2D eigenvalue weighted by atomic mass is 10.0. The Balaban J connectivity index is 1.96. The van der Waals surface area contributed by atoms with E-state index in [9.17, 15) is 15.0 Å². The van der Waals surface area contributed by atoms with Gasteiger partial charge in [-0.1, -0.05) is 23.2 Å². The lowest BCUT2D eigenvalue weighted by Crippen LogP contribution is -2.35. The summed E-state index contributed by atoms with van der Waals surface area (Å²) in [6.07, 6.45) is 1.94. The van der Waals surface area contributed by atoms with Crippen molar-refractivity contribution in [3.05, 3.63) is 46.4 Å². The van der Waals surface area contributed by atoms with Gasteiger partial charge >= 0.3 is 6.09 Å². The number of likely N-dealkylation sites (tertiary alicyclic amines) is 1. The second-order valence-corrected chi connectivity index (χ2v) is 7.73. The van der Waals surface area contributed by atoms with E-state index < -0.39 is 6.09 Å². The molecule has 1 fully saturated rings. The standard InChI is InChI=1S/C20H22Cl2N2O3/c1-23-7-2-3-16(23)6-8-24(20(26)27)19-5-4-17(25)12-18(19)13-9-14(21)11-15(22)10-13/h4-5,9-12,16,25H,2-3,6-8H2,1H3,(H,26,27). The van der Waals surface area contributed by atoms with Crippen molar-refractivity contribution < 1.29 is 15.0 Å². The van der Waals surface area contributed by atoms with Crippen molar-refractivity contribution >= 4 is 35.0 Å². The van der Waals surface area contributed by atoms with Crippen LogP contribution >= 0.6 is 23.2 Å². The van der Waals surface area contributed by atoms with Crippen molar-refractivity contribution in [2.75, 3.05) is 25.0 Å². The molecule has 0 aliphatic carbocycles. The number of phenols is 1. The summed E-state index contributed by atoms with van der Waals surface area (Å²) in [7, 11) is 2.07. The Morgan fingerprint density at radius 1 is 1.22 bits per heavy atom. The van der Waals surface area contributed by atoms with Crippen LogP contribution in [-0.2, 0) is 0 Å². The fourth-order valence-corrected chi connectivity index (χ4v) is 4.17. The van der Waals surface area contributed by atoms with Crippen LogP contribution in [0.3, 0.4) is 0 Å². The number of halogens is 2. The Morgan fingerprint density at radius 2 is 1.93 bits per heavy atom. The van der Waals surface area contributed by atoms with E-state index in [4.69, 9.17) is 23.2 Å². The molecule has 1 aliphatic rings. The maximum atomic E-state index is 12.0. The Kier molecular flexibility index (Phi) is 6.15. The van der Waals surface area contributed by atoms with E-state index in [2.05, 4.69) is 11.9 Å². The molecule has 1 unspecified atom stereocenters. The molecule has 0 spiro atoms. The second-order valence-electron chi connectivity index (χ2n) is 6.86. The average Bonchev–Trinajstić information content (AvgIpc) is 3.00. The molecular formula is C20H22Cl2N2O3. The number of hydrogen-bond acceptors (Lipinski definition) is 3. The third-order valence-corrected chi connectivity index (χ3v) is 5.47. The summed E-state index contributed by atoms with van der Waals surface area (Å²) >= 11 is 12.2. The van der Waals surface area contributed by atoms with Crippen molar-refractivity contribution in [3.8, 4) is 16.9 Å². The van der Waals surface area contributed by atoms with Crippen LogP contribution in [0.4, 0.5) is 10.5 Å². The number of hydrogen-bond donors (Lipinski definition) is 2. The summed E-state index contributed by atoms with van der Waals surface area (Å²) in [6.45, 7) is 1.42. The minimum atomic E-state index is -1.03. The first-order valence-electron chi connectivity index (χ1n) is 8.85. The zero-order chi connectivity index (χ0) is 19.6. The van der Waals surface area contributed by atoms with Gasteiger partial charge in [0, 0.05) is 28.2 Å². The van der Waals surface area contributed by atoms with E-state index >= 15 is 0 Å². The molecule has 1 aliphatic heterocycles. The molecule has 5 nitrogen and oxygen atoms in total. The molecule has 2 aromatic rings. The van der Waals surface area contributed by atoms with Gasteiger partial charge in [-0.2, -0.15) is 0 Å². The highest BCUT2D eigenvalue weighted by molar-refractivity contribution is 6.35. The van der Waals surface area contributed by atoms with Gasteiger partial charge in [0.25, 0.3) is 0 Å². The van der Waals surface area contributed by atoms with Gasteiger partial charge in [-0.15, -0.1) is 0 Å². The highest BCUT2D eigenvalue weighted by atomic mass is 35.5. The highest BCUT2D eigenvalue weighted by Crippen LogP contribution is 2.37. The Labute approximate surface area is 168 Å². The van der Waals surface area contributed by atoms with Gasteiger partial charge in [-0.3, -0.25) is 4.90 Å². The number of rotatable bonds is 5. The molecule has 1 atom stereocenters. The quantitative estimate of drug-likeness (QED) is 0.700. The summed E-state index contributed by atoms with van der Waals surface area (Å²) < 4.78 is 0. The van der Waals surface area contributed by atoms with Crippen molar-refractivity contribution in [3.63, 3.8) is 0 Å². The maximum absolute atomic E-state index is 12.0. The molecule has 1 amide bonds. The molecule has 0 saturated carbocycles. The summed E-state index contributed by atoms with van der Waals surface area (Å²) in [5, 5.41) is 20.7. The molecule has 2 N–H and O–H groups in total. The summed E-state index contributed by atoms with van der Waals surface area (Å²) in [5.74, 6) is 0.0470. The Morgan fingerprint density at radius 3 is 2.52 bits per heavy atom. The summed E-state index contributed by atoms with van der Waals surface area (Å²) in [5.41, 5.74) is 1.73. The van der Waals surface area contributed by atoms with Crippen LogP contribution in [-0.4, -0.2) is 47.4 Å². The molecule has 2 aromatic carbocycles. The molecule has 1 saturated heterocycles. The van der Waals surface area contributed by atoms with Gasteiger partial charge < -0.3 is 15.1 Å². The predicted octanol–water partition coefficient (Wildman–Crippen LogP) is 5.33. The summed E-state index contributed by atoms with van der Waals surface area (Å²) in [6, 6.07) is 10.0. The van der Waals surface area contributed by atoms with E-state index in [-0.39, 0.29) is 5.75 Å². The maximum Gasteiger partial charge on any atom is 0.411 e. The number of amides is 1. The fourth-order valence-electron chi connectivity index (χ4n) is 3.64. The van der Waals surface area contributed by atoms with E-state index in [1.807, 2.05) is 0 Å². The van der Waals surface area contributed by atoms with Gasteiger partial charge in [0.05, 0.1) is 5.69 Å². The van der Waals surface area contributed by atoms with E-state index in [1.165, 1.54) is 17.0 Å². The van der Waals surface area contributed by atoms with Crippen LogP contribution in [0.2, 0.25) is 10.0 Å². The molecule has 1 heterocycles. The number of anilines is 1. The minimum Gasteiger partial charge on any atom is -0.508 e. The number of aromatic hydroxyl groups is 1. The van der Waals surface area contributed by atoms with Crippen LogP contribution in [0, 0.1) is 0 Å². The lowest BCUT2D eigenvalue weighted by Gasteiger charge is -2.26. The Bertz CT molecular complexity index is 824. The molecule has 3 rings (SSSR count). The van der Waals surface area contributed by atoms with E-state index in [0.29, 0.717) is 39.4 Å². The van der Waals surface area contributed by atoms with Crippen LogP contribution in [0.1, 0.15) is 19.3 Å². The van der Waals surface area contributed by atoms with Crippen molar-refractivity contribution in [1.82, 2.24) is 4.90 Å². The highest BCUT2D eigenvalue weighted by Gasteiger charge is 2.25. The van der Waals surface area contributed by atoms with E-state index in [0.717, 1.165) is 25.8 Å². The zero-order valence-electron chi connectivity index (χ0n) is 15.0. The zero-order valence-corrected chi connectivity index (χ0v) is 16.5. The van der Waals surface area contributed by atoms with Crippen molar-refractivity contribution in [2.24, 2.45) is 0 Å². The molecule has 27 heavy (non-hydrogen) atoms. The monoisotopic (exact) mass is 408 g/mol. The number of carbonyl (C=O) groups is 1. The largest absolute Gasteiger partial charge is 0.508 e. The van der Waals surface area contributed by atoms with Gasteiger partial charge in [0.15, 0.2) is 0 Å². The van der Waals surface area contributed by atoms with Gasteiger partial charge in [0.1, 0.15) is 5.75 Å². The molecule has 0 radical (unpaired) electrons. The second kappa shape index (κ2) is 8.38. The van der Waals surface area contributed by atoms with Crippen LogP contribution in [0.25, 0.3) is 11.1 Å². The fraction of sp³-hybridized carbons (Fsp3) is 0.350. The SMILES string of the molecule is CN1CCCC1CCN(C(=O)O)c1ccc(O)cc1-c1cc(Cl)cc(Cl)c1. The third-order valence-electron chi connectivity index (χ3n) is 5.03. The molecule has 144 valence electrons. The average molecular weight is 409 g/mol. The number of benzene rings is 2. The number of phenolic OH excluding ortho intramolecular Hbond substituents is 1. The topological polar surface area (TPSA) is 64.0 Å². The molecule has 7 heteroatoms. The smallest absolute Gasteiger partial charge is 0.411 e. The first-order valence-corrected chi connectivity index (χ1v) is 9.61. The van der Waals surface area contributed by atoms with Crippen LogP contribution in [0.15, 0.2) is 36.4 Å². The van der Waals surface area contributed by atoms with Crippen molar-refractivity contribution in [1.29, 1.82) is 0 Å². The molecule has 0 bridgehead atoms. The predicted molar refractivity (Wildman–Crippen MR) is 109 cm³/mol. The van der Waals surface area contributed by atoms with Crippen molar-refractivity contribution in [2.45, 2.75) is 25.3 Å². The number of nitrogens with zero attached hydrogens (tertiary/aromatic N) is 2.